The Hall–Kier alpha value is -0.700. The summed E-state index contributed by atoms with van der Waals surface area (Å²) < 4.78 is 12.7. The maximum atomic E-state index is 12.7. The van der Waals surface area contributed by atoms with Crippen LogP contribution in [-0.2, 0) is 0 Å². The van der Waals surface area contributed by atoms with E-state index in [4.69, 9.17) is 0 Å². The fraction of sp³-hybridized carbons (Fsp3) is 0.455. The lowest BCUT2D eigenvalue weighted by Crippen LogP contribution is -2.51. The van der Waals surface area contributed by atoms with E-state index in [0.29, 0.717) is 0 Å². The Balaban J connectivity index is 1.79. The monoisotopic (exact) mass is 209 g/mol. The predicted octanol–water partition coefficient (Wildman–Crippen LogP) is 2.52. The SMILES string of the molecule is Fc1ccc(N2CC3CC(C2)S3)cc1. The van der Waals surface area contributed by atoms with Crippen molar-refractivity contribution < 1.29 is 4.39 Å². The lowest BCUT2D eigenvalue weighted by Gasteiger charge is -2.47. The van der Waals surface area contributed by atoms with Crippen LogP contribution in [0.3, 0.4) is 0 Å². The number of nitrogens with zero attached hydrogens (tertiary/aromatic N) is 1. The number of anilines is 1. The summed E-state index contributed by atoms with van der Waals surface area (Å²) in [4.78, 5) is 2.37. The molecule has 1 aromatic rings. The topological polar surface area (TPSA) is 3.24 Å². The molecule has 2 atom stereocenters. The first-order chi connectivity index (χ1) is 6.81. The van der Waals surface area contributed by atoms with Gasteiger partial charge >= 0.3 is 0 Å². The smallest absolute Gasteiger partial charge is 0.123 e. The summed E-state index contributed by atoms with van der Waals surface area (Å²) in [6.07, 6.45) is 1.38. The van der Waals surface area contributed by atoms with Gasteiger partial charge in [-0.2, -0.15) is 11.8 Å². The van der Waals surface area contributed by atoms with E-state index in [1.165, 1.54) is 12.1 Å². The third-order valence-corrected chi connectivity index (χ3v) is 4.40. The van der Waals surface area contributed by atoms with Gasteiger partial charge in [-0.15, -0.1) is 0 Å². The number of hydrogen-bond acceptors (Lipinski definition) is 2. The van der Waals surface area contributed by atoms with Crippen molar-refractivity contribution in [1.29, 1.82) is 0 Å². The zero-order chi connectivity index (χ0) is 9.54. The molecule has 74 valence electrons. The summed E-state index contributed by atoms with van der Waals surface area (Å²) in [6, 6.07) is 6.85. The number of benzene rings is 1. The molecule has 0 radical (unpaired) electrons. The molecular formula is C11H12FNS. The van der Waals surface area contributed by atoms with E-state index in [0.717, 1.165) is 23.6 Å². The Morgan fingerprint density at radius 1 is 1.14 bits per heavy atom. The first-order valence-electron chi connectivity index (χ1n) is 4.97. The highest BCUT2D eigenvalue weighted by Gasteiger charge is 2.37. The van der Waals surface area contributed by atoms with Crippen molar-refractivity contribution in [1.82, 2.24) is 0 Å². The van der Waals surface area contributed by atoms with E-state index in [9.17, 15) is 4.39 Å². The van der Waals surface area contributed by atoms with Gasteiger partial charge in [-0.25, -0.2) is 4.39 Å². The molecule has 0 saturated carbocycles. The molecule has 2 unspecified atom stereocenters. The minimum absolute atomic E-state index is 0.148. The molecule has 3 heterocycles. The van der Waals surface area contributed by atoms with Gasteiger partial charge < -0.3 is 4.90 Å². The second-order valence-corrected chi connectivity index (χ2v) is 5.60. The second-order valence-electron chi connectivity index (χ2n) is 4.00. The summed E-state index contributed by atoms with van der Waals surface area (Å²) in [5, 5.41) is 1.64. The number of halogens is 1. The van der Waals surface area contributed by atoms with Crippen LogP contribution in [0.15, 0.2) is 24.3 Å². The van der Waals surface area contributed by atoms with Crippen LogP contribution in [0.1, 0.15) is 6.42 Å². The quantitative estimate of drug-likeness (QED) is 0.699. The van der Waals surface area contributed by atoms with Gasteiger partial charge in [-0.3, -0.25) is 0 Å². The molecule has 3 heteroatoms. The average Bonchev–Trinajstić information content (AvgIpc) is 2.18. The Bertz CT molecular complexity index is 322. The molecule has 14 heavy (non-hydrogen) atoms. The van der Waals surface area contributed by atoms with Gasteiger partial charge in [0.1, 0.15) is 5.82 Å². The standard InChI is InChI=1S/C11H12FNS/c12-8-1-3-9(4-2-8)13-6-10-5-11(7-13)14-10/h1-4,10-11H,5-7H2. The Morgan fingerprint density at radius 2 is 1.71 bits per heavy atom. The van der Waals surface area contributed by atoms with E-state index in [1.54, 1.807) is 12.1 Å². The summed E-state index contributed by atoms with van der Waals surface area (Å²) in [7, 11) is 0. The summed E-state index contributed by atoms with van der Waals surface area (Å²) >= 11 is 2.10. The van der Waals surface area contributed by atoms with Crippen LogP contribution in [0.2, 0.25) is 0 Å². The molecular weight excluding hydrogens is 197 g/mol. The Morgan fingerprint density at radius 3 is 2.29 bits per heavy atom. The molecule has 1 aromatic carbocycles. The molecule has 0 N–H and O–H groups in total. The molecule has 3 aliphatic rings. The maximum absolute atomic E-state index is 12.7. The number of fused-ring (bicyclic) bond motifs is 2. The summed E-state index contributed by atoms with van der Waals surface area (Å²) in [5.41, 5.74) is 1.17. The molecule has 3 fully saturated rings. The first-order valence-corrected chi connectivity index (χ1v) is 5.91. The highest BCUT2D eigenvalue weighted by atomic mass is 32.2. The largest absolute Gasteiger partial charge is 0.369 e. The number of thioether (sulfide) groups is 1. The van der Waals surface area contributed by atoms with Crippen LogP contribution in [0.5, 0.6) is 0 Å². The van der Waals surface area contributed by atoms with Crippen LogP contribution in [0.25, 0.3) is 0 Å². The number of rotatable bonds is 1. The minimum atomic E-state index is -0.148. The van der Waals surface area contributed by atoms with Crippen molar-refractivity contribution in [3.05, 3.63) is 30.1 Å². The van der Waals surface area contributed by atoms with Crippen molar-refractivity contribution in [3.8, 4) is 0 Å². The lowest BCUT2D eigenvalue weighted by atomic mass is 10.1. The third-order valence-electron chi connectivity index (χ3n) is 2.95. The van der Waals surface area contributed by atoms with Gasteiger partial charge in [-0.1, -0.05) is 0 Å². The molecule has 3 aliphatic heterocycles. The van der Waals surface area contributed by atoms with Gasteiger partial charge in [0.2, 0.25) is 0 Å². The predicted molar refractivity (Wildman–Crippen MR) is 58.4 cm³/mol. The van der Waals surface area contributed by atoms with Gasteiger partial charge in [0.05, 0.1) is 0 Å². The Kier molecular flexibility index (Phi) is 1.94. The molecule has 3 saturated heterocycles. The highest BCUT2D eigenvalue weighted by molar-refractivity contribution is 8.02. The van der Waals surface area contributed by atoms with Crippen molar-refractivity contribution in [2.75, 3.05) is 18.0 Å². The minimum Gasteiger partial charge on any atom is -0.369 e. The molecule has 0 spiro atoms. The second kappa shape index (κ2) is 3.16. The fourth-order valence-electron chi connectivity index (χ4n) is 2.22. The maximum Gasteiger partial charge on any atom is 0.123 e. The molecule has 0 aromatic heterocycles. The van der Waals surface area contributed by atoms with Gasteiger partial charge in [0.25, 0.3) is 0 Å². The molecule has 4 rings (SSSR count). The molecule has 2 bridgehead atoms. The molecule has 0 amide bonds. The highest BCUT2D eigenvalue weighted by Crippen LogP contribution is 2.42. The Labute approximate surface area is 87.3 Å². The van der Waals surface area contributed by atoms with E-state index in [1.807, 2.05) is 12.1 Å². The van der Waals surface area contributed by atoms with Crippen molar-refractivity contribution in [3.63, 3.8) is 0 Å². The van der Waals surface area contributed by atoms with E-state index in [2.05, 4.69) is 16.7 Å². The average molecular weight is 209 g/mol. The number of piperidine rings is 1. The third kappa shape index (κ3) is 1.40. The van der Waals surface area contributed by atoms with Crippen LogP contribution in [-0.4, -0.2) is 23.6 Å². The van der Waals surface area contributed by atoms with Crippen LogP contribution < -0.4 is 4.90 Å². The molecule has 0 aliphatic carbocycles. The van der Waals surface area contributed by atoms with Crippen molar-refractivity contribution in [2.45, 2.75) is 16.9 Å². The van der Waals surface area contributed by atoms with Crippen LogP contribution >= 0.6 is 11.8 Å². The zero-order valence-electron chi connectivity index (χ0n) is 7.82. The molecule has 1 nitrogen and oxygen atoms in total. The fourth-order valence-corrected chi connectivity index (χ4v) is 3.62. The van der Waals surface area contributed by atoms with Gasteiger partial charge in [0, 0.05) is 29.3 Å². The van der Waals surface area contributed by atoms with Crippen molar-refractivity contribution in [2.24, 2.45) is 0 Å². The van der Waals surface area contributed by atoms with E-state index < -0.39 is 0 Å². The lowest BCUT2D eigenvalue weighted by molar-refractivity contribution is 0.557. The normalized spacial score (nSPS) is 29.9. The van der Waals surface area contributed by atoms with Crippen molar-refractivity contribution >= 4 is 17.4 Å². The van der Waals surface area contributed by atoms with Crippen LogP contribution in [0, 0.1) is 5.82 Å². The van der Waals surface area contributed by atoms with Crippen LogP contribution in [0.4, 0.5) is 10.1 Å². The van der Waals surface area contributed by atoms with Gasteiger partial charge in [-0.05, 0) is 30.7 Å². The number of hydrogen-bond donors (Lipinski definition) is 0. The first kappa shape index (κ1) is 8.60. The van der Waals surface area contributed by atoms with E-state index in [-0.39, 0.29) is 5.82 Å². The summed E-state index contributed by atoms with van der Waals surface area (Å²) in [5.74, 6) is -0.148. The zero-order valence-corrected chi connectivity index (χ0v) is 8.64. The summed E-state index contributed by atoms with van der Waals surface area (Å²) in [6.45, 7) is 2.26. The van der Waals surface area contributed by atoms with E-state index >= 15 is 0 Å². The van der Waals surface area contributed by atoms with Gasteiger partial charge in [0.15, 0.2) is 0 Å².